The van der Waals surface area contributed by atoms with Crippen molar-refractivity contribution in [2.75, 3.05) is 26.4 Å². The lowest BCUT2D eigenvalue weighted by Gasteiger charge is -2.61. The number of nitrogens with zero attached hydrogens (tertiary/aromatic N) is 3. The number of hydrogen-bond donors (Lipinski definition) is 4. The van der Waals surface area contributed by atoms with E-state index in [1.54, 1.807) is 0 Å². The van der Waals surface area contributed by atoms with Crippen molar-refractivity contribution in [2.45, 2.75) is 132 Å². The van der Waals surface area contributed by atoms with Crippen molar-refractivity contribution in [3.8, 4) is 0 Å². The van der Waals surface area contributed by atoms with Crippen LogP contribution in [0.5, 0.6) is 0 Å². The van der Waals surface area contributed by atoms with Crippen molar-refractivity contribution in [3.63, 3.8) is 0 Å². The number of rotatable bonds is 3. The first-order valence-corrected chi connectivity index (χ1v) is 17.5. The van der Waals surface area contributed by atoms with E-state index in [-0.39, 0.29) is 66.6 Å². The maximum Gasteiger partial charge on any atom is 0.320 e. The van der Waals surface area contributed by atoms with Gasteiger partial charge in [0.2, 0.25) is 5.91 Å². The molecule has 6 aliphatic rings. The molecule has 4 N–H and O–H groups in total. The topological polar surface area (TPSA) is 101 Å². The predicted molar refractivity (Wildman–Crippen MR) is 169 cm³/mol. The van der Waals surface area contributed by atoms with Gasteiger partial charge in [0, 0.05) is 73.8 Å². The number of piperidine rings is 1. The molecule has 45 heavy (non-hydrogen) atoms. The molecule has 6 rings (SSSR count). The van der Waals surface area contributed by atoms with E-state index >= 15 is 4.39 Å². The Balaban J connectivity index is 1.39. The van der Waals surface area contributed by atoms with Crippen molar-refractivity contribution in [1.82, 2.24) is 36.0 Å². The minimum absolute atomic E-state index is 0.0241. The van der Waals surface area contributed by atoms with E-state index in [0.29, 0.717) is 39.2 Å². The SMILES string of the molecule is C=CC(=O)N1C[C@H](C)N(C2NC(=O)N3C4NC(C(Cl)CC42)C2C(CCC(F)C2F)OCCCC2NCNC(C(C)C)C23)C[C@H]1C. The van der Waals surface area contributed by atoms with Crippen LogP contribution >= 0.6 is 11.6 Å². The summed E-state index contributed by atoms with van der Waals surface area (Å²) in [5, 5.41) is 13.9. The first-order chi connectivity index (χ1) is 21.5. The molecule has 1 saturated carbocycles. The summed E-state index contributed by atoms with van der Waals surface area (Å²) in [4.78, 5) is 33.2. The second kappa shape index (κ2) is 13.5. The zero-order chi connectivity index (χ0) is 32.2. The summed E-state index contributed by atoms with van der Waals surface area (Å²) in [5.74, 6) is -0.754. The number of nitrogens with one attached hydrogen (secondary N) is 4. The van der Waals surface area contributed by atoms with E-state index < -0.39 is 41.9 Å². The second-order valence-electron chi connectivity index (χ2n) is 14.6. The Morgan fingerprint density at radius 3 is 2.62 bits per heavy atom. The fourth-order valence-electron chi connectivity index (χ4n) is 9.30. The maximum atomic E-state index is 15.9. The number of amides is 3. The summed E-state index contributed by atoms with van der Waals surface area (Å²) in [6.45, 7) is 14.3. The van der Waals surface area contributed by atoms with E-state index in [9.17, 15) is 14.0 Å². The number of halogens is 3. The monoisotopic (exact) mass is 655 g/mol. The molecular weight excluding hydrogens is 604 g/mol. The Labute approximate surface area is 271 Å². The highest BCUT2D eigenvalue weighted by Gasteiger charge is 2.58. The van der Waals surface area contributed by atoms with Crippen LogP contribution in [0.25, 0.3) is 0 Å². The van der Waals surface area contributed by atoms with Crippen molar-refractivity contribution >= 4 is 23.5 Å². The molecule has 5 saturated heterocycles. The maximum absolute atomic E-state index is 15.9. The van der Waals surface area contributed by atoms with Gasteiger partial charge < -0.3 is 19.9 Å². The Kier molecular flexibility index (Phi) is 10.0. The molecular formula is C32H52ClF2N7O3. The highest BCUT2D eigenvalue weighted by molar-refractivity contribution is 6.21. The molecule has 0 spiro atoms. The van der Waals surface area contributed by atoms with E-state index in [0.717, 1.165) is 12.8 Å². The molecule has 0 radical (unpaired) electrons. The van der Waals surface area contributed by atoms with Crippen LogP contribution < -0.4 is 21.3 Å². The third-order valence-electron chi connectivity index (χ3n) is 11.5. The third kappa shape index (κ3) is 6.12. The van der Waals surface area contributed by atoms with E-state index in [1.165, 1.54) is 6.08 Å². The lowest BCUT2D eigenvalue weighted by molar-refractivity contribution is -0.136. The zero-order valence-electron chi connectivity index (χ0n) is 27.0. The number of carbonyl (C=O) groups is 2. The standard InChI is InChI=1S/C32H52ClF2N7O3/c1-6-24(43)40-13-18(5)41(14-17(40)4)30-19-12-20(33)28-25-23(10-9-21(34)26(25)35)45-11-7-8-22-29(27(16(2)3)37-15-36-22)42(31(19)38-28)32(44)39-30/h6,16-23,25-31,36-38H,1,7-15H2,2-5H3,(H,39,44)/t17-,18+,19?,20?,21?,22?,23?,25?,26?,27?,28?,29?,30?,31?/m1/s1. The summed E-state index contributed by atoms with van der Waals surface area (Å²) in [5.41, 5.74) is 0. The van der Waals surface area contributed by atoms with Crippen LogP contribution in [0.4, 0.5) is 13.6 Å². The summed E-state index contributed by atoms with van der Waals surface area (Å²) >= 11 is 7.21. The van der Waals surface area contributed by atoms with Gasteiger partial charge >= 0.3 is 6.03 Å². The molecule has 1 aliphatic carbocycles. The molecule has 10 nitrogen and oxygen atoms in total. The highest BCUT2D eigenvalue weighted by Crippen LogP contribution is 2.43. The van der Waals surface area contributed by atoms with Crippen molar-refractivity contribution < 1.29 is 23.1 Å². The van der Waals surface area contributed by atoms with Gasteiger partial charge in [-0.25, -0.2) is 13.6 Å². The number of fused-ring (bicyclic) bond motifs is 5. The van der Waals surface area contributed by atoms with Gasteiger partial charge in [-0.05, 0) is 57.9 Å². The number of piperazine rings is 1. The normalized spacial score (nSPS) is 46.3. The highest BCUT2D eigenvalue weighted by atomic mass is 35.5. The summed E-state index contributed by atoms with van der Waals surface area (Å²) in [6, 6.07) is -1.00. The van der Waals surface area contributed by atoms with Gasteiger partial charge in [-0.15, -0.1) is 11.6 Å². The second-order valence-corrected chi connectivity index (χ2v) is 15.1. The van der Waals surface area contributed by atoms with Crippen LogP contribution in [0.1, 0.15) is 59.8 Å². The average molecular weight is 656 g/mol. The van der Waals surface area contributed by atoms with Crippen LogP contribution in [0.2, 0.25) is 0 Å². The Bertz CT molecular complexity index is 1110. The lowest BCUT2D eigenvalue weighted by Crippen LogP contribution is -2.81. The van der Waals surface area contributed by atoms with Crippen LogP contribution in [0.15, 0.2) is 12.7 Å². The fourth-order valence-corrected chi connectivity index (χ4v) is 9.75. The molecule has 0 aromatic rings. The van der Waals surface area contributed by atoms with E-state index in [2.05, 4.69) is 53.5 Å². The average Bonchev–Trinajstić information content (AvgIpc) is 3.01. The van der Waals surface area contributed by atoms with Crippen molar-refractivity contribution in [3.05, 3.63) is 12.7 Å². The van der Waals surface area contributed by atoms with Gasteiger partial charge in [0.1, 0.15) is 12.3 Å². The number of ether oxygens (including phenoxy) is 1. The quantitative estimate of drug-likeness (QED) is 0.274. The molecule has 254 valence electrons. The molecule has 12 unspecified atom stereocenters. The zero-order valence-corrected chi connectivity index (χ0v) is 27.8. The van der Waals surface area contributed by atoms with E-state index in [4.69, 9.17) is 16.3 Å². The first kappa shape index (κ1) is 33.3. The fraction of sp³-hybridized carbons (Fsp3) is 0.875. The van der Waals surface area contributed by atoms with Gasteiger partial charge in [-0.2, -0.15) is 0 Å². The molecule has 2 bridgehead atoms. The van der Waals surface area contributed by atoms with Gasteiger partial charge in [0.25, 0.3) is 0 Å². The van der Waals surface area contributed by atoms with Crippen LogP contribution in [-0.2, 0) is 9.53 Å². The molecule has 5 heterocycles. The Hall–Kier alpha value is -1.57. The summed E-state index contributed by atoms with van der Waals surface area (Å²) in [7, 11) is 0. The van der Waals surface area contributed by atoms with Crippen LogP contribution in [-0.4, -0.2) is 125 Å². The van der Waals surface area contributed by atoms with Gasteiger partial charge in [-0.1, -0.05) is 20.4 Å². The van der Waals surface area contributed by atoms with Gasteiger partial charge in [0.05, 0.1) is 24.5 Å². The number of hydrogen-bond acceptors (Lipinski definition) is 7. The first-order valence-electron chi connectivity index (χ1n) is 17.1. The molecule has 6 fully saturated rings. The number of carbonyl (C=O) groups excluding carboxylic acids is 2. The summed E-state index contributed by atoms with van der Waals surface area (Å²) < 4.78 is 37.2. The van der Waals surface area contributed by atoms with Gasteiger partial charge in [0.15, 0.2) is 0 Å². The van der Waals surface area contributed by atoms with Crippen LogP contribution in [0.3, 0.4) is 0 Å². The predicted octanol–water partition coefficient (Wildman–Crippen LogP) is 2.53. The molecule has 14 atom stereocenters. The Morgan fingerprint density at radius 2 is 1.89 bits per heavy atom. The number of alkyl halides is 3. The van der Waals surface area contributed by atoms with E-state index in [1.807, 2.05) is 16.7 Å². The van der Waals surface area contributed by atoms with Crippen molar-refractivity contribution in [1.29, 1.82) is 0 Å². The van der Waals surface area contributed by atoms with Crippen LogP contribution in [0, 0.1) is 17.8 Å². The molecule has 0 aromatic heterocycles. The number of urea groups is 1. The molecule has 0 aromatic carbocycles. The third-order valence-corrected chi connectivity index (χ3v) is 12.0. The Morgan fingerprint density at radius 1 is 1.11 bits per heavy atom. The van der Waals surface area contributed by atoms with Crippen molar-refractivity contribution in [2.24, 2.45) is 17.8 Å². The minimum atomic E-state index is -1.70. The van der Waals surface area contributed by atoms with Gasteiger partial charge in [-0.3, -0.25) is 25.6 Å². The smallest absolute Gasteiger partial charge is 0.320 e. The molecule has 5 aliphatic heterocycles. The molecule has 3 amide bonds. The molecule has 13 heteroatoms. The largest absolute Gasteiger partial charge is 0.378 e. The lowest BCUT2D eigenvalue weighted by atomic mass is 9.73. The summed E-state index contributed by atoms with van der Waals surface area (Å²) in [6.07, 6.45) is -0.545. The minimum Gasteiger partial charge on any atom is -0.378 e.